The maximum Gasteiger partial charge on any atom is 0.191 e. The molecule has 1 aromatic rings. The van der Waals surface area contributed by atoms with Gasteiger partial charge < -0.3 is 25.0 Å². The Bertz CT molecular complexity index is 583. The number of halogens is 1. The zero-order chi connectivity index (χ0) is 18.8. The number of hydrogen-bond donors (Lipinski definition) is 2. The molecule has 0 saturated carbocycles. The molecule has 7 heteroatoms. The number of benzene rings is 1. The van der Waals surface area contributed by atoms with Crippen LogP contribution in [-0.2, 0) is 11.3 Å². The highest BCUT2D eigenvalue weighted by Gasteiger charge is 2.17. The van der Waals surface area contributed by atoms with Crippen molar-refractivity contribution in [3.05, 3.63) is 29.3 Å². The molecular formula is C20H35IN4O2. The van der Waals surface area contributed by atoms with Gasteiger partial charge in [0.2, 0.25) is 0 Å². The summed E-state index contributed by atoms with van der Waals surface area (Å²) in [6, 6.07) is 6.28. The van der Waals surface area contributed by atoms with Crippen LogP contribution >= 0.6 is 24.0 Å². The molecule has 0 bridgehead atoms. The molecule has 0 spiro atoms. The molecule has 1 aliphatic rings. The average molecular weight is 490 g/mol. The van der Waals surface area contributed by atoms with Gasteiger partial charge in [0.05, 0.1) is 6.61 Å². The second-order valence-electron chi connectivity index (χ2n) is 7.03. The summed E-state index contributed by atoms with van der Waals surface area (Å²) in [6.45, 7) is 7.20. The Morgan fingerprint density at radius 2 is 2.11 bits per heavy atom. The van der Waals surface area contributed by atoms with Gasteiger partial charge in [0.1, 0.15) is 12.4 Å². The van der Waals surface area contributed by atoms with Crippen LogP contribution in [-0.4, -0.2) is 64.9 Å². The molecule has 1 heterocycles. The Kier molecular flexibility index (Phi) is 11.7. The van der Waals surface area contributed by atoms with Crippen molar-refractivity contribution in [2.75, 3.05) is 54.1 Å². The summed E-state index contributed by atoms with van der Waals surface area (Å²) in [5.41, 5.74) is 2.30. The number of ether oxygens (including phenoxy) is 2. The lowest BCUT2D eigenvalue weighted by atomic mass is 9.99. The van der Waals surface area contributed by atoms with E-state index in [1.807, 2.05) is 7.05 Å². The van der Waals surface area contributed by atoms with E-state index >= 15 is 0 Å². The number of likely N-dealkylation sites (tertiary alicyclic amines) is 1. The molecule has 6 nitrogen and oxygen atoms in total. The molecule has 154 valence electrons. The van der Waals surface area contributed by atoms with Crippen LogP contribution in [0.3, 0.4) is 0 Å². The molecule has 0 amide bonds. The quantitative estimate of drug-likeness (QED) is 0.254. The average Bonchev–Trinajstić information content (AvgIpc) is 2.63. The molecule has 0 aromatic heterocycles. The number of nitrogens with zero attached hydrogens (tertiary/aromatic N) is 2. The molecule has 1 fully saturated rings. The molecule has 1 saturated heterocycles. The molecule has 27 heavy (non-hydrogen) atoms. The Hall–Kier alpha value is -1.06. The lowest BCUT2D eigenvalue weighted by Gasteiger charge is -2.30. The highest BCUT2D eigenvalue weighted by molar-refractivity contribution is 14.0. The predicted molar refractivity (Wildman–Crippen MR) is 122 cm³/mol. The van der Waals surface area contributed by atoms with Gasteiger partial charge in [-0.3, -0.25) is 4.99 Å². The van der Waals surface area contributed by atoms with E-state index in [0.29, 0.717) is 25.7 Å². The molecule has 0 aliphatic carbocycles. The number of methoxy groups -OCH3 is 1. The van der Waals surface area contributed by atoms with E-state index in [0.717, 1.165) is 30.4 Å². The Balaban J connectivity index is 0.00000364. The first-order valence-corrected chi connectivity index (χ1v) is 9.46. The number of aryl methyl sites for hydroxylation is 1. The largest absolute Gasteiger partial charge is 0.491 e. The summed E-state index contributed by atoms with van der Waals surface area (Å²) >= 11 is 0. The standard InChI is InChI=1S/C20H34N4O2.HI/c1-16-7-8-18(19(12-16)26-11-10-25-4)14-23-20(21-2)22-13-17-6-5-9-24(3)15-17;/h7-8,12,17H,5-6,9-11,13-15H2,1-4H3,(H2,21,22,23);1H. The van der Waals surface area contributed by atoms with Crippen LogP contribution < -0.4 is 15.4 Å². The van der Waals surface area contributed by atoms with Gasteiger partial charge in [0, 0.05) is 39.4 Å². The third-order valence-electron chi connectivity index (χ3n) is 4.72. The molecule has 1 aromatic carbocycles. The minimum atomic E-state index is 0. The highest BCUT2D eigenvalue weighted by atomic mass is 127. The molecule has 1 unspecified atom stereocenters. The van der Waals surface area contributed by atoms with Crippen molar-refractivity contribution in [3.8, 4) is 5.75 Å². The monoisotopic (exact) mass is 490 g/mol. The molecule has 1 aliphatic heterocycles. The number of rotatable bonds is 8. The Morgan fingerprint density at radius 1 is 1.30 bits per heavy atom. The van der Waals surface area contributed by atoms with E-state index in [1.165, 1.54) is 24.9 Å². The van der Waals surface area contributed by atoms with Gasteiger partial charge in [-0.05, 0) is 50.9 Å². The minimum Gasteiger partial charge on any atom is -0.491 e. The number of piperidine rings is 1. The van der Waals surface area contributed by atoms with Crippen LogP contribution in [0.25, 0.3) is 0 Å². The van der Waals surface area contributed by atoms with E-state index < -0.39 is 0 Å². The van der Waals surface area contributed by atoms with Crippen LogP contribution in [0.2, 0.25) is 0 Å². The first-order valence-electron chi connectivity index (χ1n) is 9.46. The lowest BCUT2D eigenvalue weighted by Crippen LogP contribution is -2.43. The highest BCUT2D eigenvalue weighted by Crippen LogP contribution is 2.20. The molecule has 0 radical (unpaired) electrons. The van der Waals surface area contributed by atoms with Crippen molar-refractivity contribution in [1.82, 2.24) is 15.5 Å². The second kappa shape index (κ2) is 13.2. The number of hydrogen-bond acceptors (Lipinski definition) is 4. The second-order valence-corrected chi connectivity index (χ2v) is 7.03. The van der Waals surface area contributed by atoms with Crippen molar-refractivity contribution < 1.29 is 9.47 Å². The molecular weight excluding hydrogens is 455 g/mol. The first-order chi connectivity index (χ1) is 12.6. The fraction of sp³-hybridized carbons (Fsp3) is 0.650. The number of guanidine groups is 1. The van der Waals surface area contributed by atoms with Gasteiger partial charge in [-0.1, -0.05) is 12.1 Å². The summed E-state index contributed by atoms with van der Waals surface area (Å²) in [6.07, 6.45) is 2.56. The Morgan fingerprint density at radius 3 is 2.81 bits per heavy atom. The topological polar surface area (TPSA) is 58.1 Å². The summed E-state index contributed by atoms with van der Waals surface area (Å²) < 4.78 is 10.9. The van der Waals surface area contributed by atoms with E-state index in [9.17, 15) is 0 Å². The predicted octanol–water partition coefficient (Wildman–Crippen LogP) is 2.65. The van der Waals surface area contributed by atoms with Crippen molar-refractivity contribution in [1.29, 1.82) is 0 Å². The van der Waals surface area contributed by atoms with Gasteiger partial charge >= 0.3 is 0 Å². The minimum absolute atomic E-state index is 0. The van der Waals surface area contributed by atoms with Crippen molar-refractivity contribution in [2.24, 2.45) is 10.9 Å². The van der Waals surface area contributed by atoms with Gasteiger partial charge in [-0.15, -0.1) is 24.0 Å². The van der Waals surface area contributed by atoms with E-state index in [2.05, 4.69) is 52.7 Å². The van der Waals surface area contributed by atoms with Gasteiger partial charge in [-0.2, -0.15) is 0 Å². The van der Waals surface area contributed by atoms with Gasteiger partial charge in [-0.25, -0.2) is 0 Å². The van der Waals surface area contributed by atoms with E-state index in [4.69, 9.17) is 9.47 Å². The van der Waals surface area contributed by atoms with Crippen molar-refractivity contribution >= 4 is 29.9 Å². The van der Waals surface area contributed by atoms with Crippen LogP contribution in [0.5, 0.6) is 5.75 Å². The number of nitrogens with one attached hydrogen (secondary N) is 2. The summed E-state index contributed by atoms with van der Waals surface area (Å²) in [4.78, 5) is 6.75. The van der Waals surface area contributed by atoms with Gasteiger partial charge in [0.25, 0.3) is 0 Å². The molecule has 1 atom stereocenters. The number of aliphatic imine (C=N–C) groups is 1. The molecule has 2 N–H and O–H groups in total. The maximum atomic E-state index is 5.86. The fourth-order valence-corrected chi connectivity index (χ4v) is 3.26. The third-order valence-corrected chi connectivity index (χ3v) is 4.72. The maximum absolute atomic E-state index is 5.86. The van der Waals surface area contributed by atoms with Crippen LogP contribution in [0.4, 0.5) is 0 Å². The Labute approximate surface area is 181 Å². The van der Waals surface area contributed by atoms with Crippen LogP contribution in [0, 0.1) is 12.8 Å². The summed E-state index contributed by atoms with van der Waals surface area (Å²) in [7, 11) is 5.69. The zero-order valence-electron chi connectivity index (χ0n) is 17.1. The first kappa shape index (κ1) is 24.0. The SMILES string of the molecule is CN=C(NCc1ccc(C)cc1OCCOC)NCC1CCCN(C)C1.I. The van der Waals surface area contributed by atoms with Crippen molar-refractivity contribution in [3.63, 3.8) is 0 Å². The normalized spacial score (nSPS) is 17.9. The van der Waals surface area contributed by atoms with Crippen LogP contribution in [0.15, 0.2) is 23.2 Å². The fourth-order valence-electron chi connectivity index (χ4n) is 3.26. The zero-order valence-corrected chi connectivity index (χ0v) is 19.4. The summed E-state index contributed by atoms with van der Waals surface area (Å²) in [5, 5.41) is 6.87. The van der Waals surface area contributed by atoms with Crippen LogP contribution in [0.1, 0.15) is 24.0 Å². The molecule has 2 rings (SSSR count). The lowest BCUT2D eigenvalue weighted by molar-refractivity contribution is 0.145. The van der Waals surface area contributed by atoms with E-state index in [-0.39, 0.29) is 24.0 Å². The van der Waals surface area contributed by atoms with Crippen molar-refractivity contribution in [2.45, 2.75) is 26.3 Å². The van der Waals surface area contributed by atoms with E-state index in [1.54, 1.807) is 7.11 Å². The smallest absolute Gasteiger partial charge is 0.191 e. The third kappa shape index (κ3) is 8.66. The summed E-state index contributed by atoms with van der Waals surface area (Å²) in [5.74, 6) is 2.42. The van der Waals surface area contributed by atoms with Gasteiger partial charge in [0.15, 0.2) is 5.96 Å².